The first-order valence-electron chi connectivity index (χ1n) is 6.48. The van der Waals surface area contributed by atoms with Crippen LogP contribution in [0.5, 0.6) is 0 Å². The maximum atomic E-state index is 5.26. The molecule has 104 valence electrons. The van der Waals surface area contributed by atoms with Crippen molar-refractivity contribution in [3.8, 4) is 0 Å². The summed E-state index contributed by atoms with van der Waals surface area (Å²) in [6, 6.07) is 14.2. The molecule has 1 aliphatic heterocycles. The van der Waals surface area contributed by atoms with Gasteiger partial charge in [0.05, 0.1) is 18.5 Å². The summed E-state index contributed by atoms with van der Waals surface area (Å²) in [7, 11) is 0. The molecule has 0 saturated carbocycles. The van der Waals surface area contributed by atoms with Crippen molar-refractivity contribution in [1.29, 1.82) is 0 Å². The summed E-state index contributed by atoms with van der Waals surface area (Å²) < 4.78 is 5.26. The van der Waals surface area contributed by atoms with Crippen molar-refractivity contribution in [2.45, 2.75) is 13.0 Å². The molecule has 0 saturated heterocycles. The standard InChI is InChI=1S/C16H16N2O.ClH/c1-2-5-14(6-3-1)13-18-11-10-15(17-18)8-9-16-7-4-12-19-16;/h1-9,12H,10-11,13H2;1H/p-1/b9-8+;. The molecule has 0 bridgehead atoms. The Bertz CT molecular complexity index is 576. The molecule has 0 N–H and O–H groups in total. The van der Waals surface area contributed by atoms with Crippen LogP contribution in [-0.2, 0) is 6.54 Å². The quantitative estimate of drug-likeness (QED) is 0.822. The lowest BCUT2D eigenvalue weighted by Gasteiger charge is -2.12. The normalized spacial score (nSPS) is 14.4. The molecule has 2 heterocycles. The average molecular weight is 288 g/mol. The first-order chi connectivity index (χ1) is 9.40. The Balaban J connectivity index is 0.00000147. The van der Waals surface area contributed by atoms with Gasteiger partial charge in [-0.25, -0.2) is 0 Å². The molecule has 0 atom stereocenters. The lowest BCUT2D eigenvalue weighted by Crippen LogP contribution is -3.00. The Kier molecular flexibility index (Phi) is 5.02. The molecular weight excluding hydrogens is 272 g/mol. The van der Waals surface area contributed by atoms with E-state index >= 15 is 0 Å². The van der Waals surface area contributed by atoms with Gasteiger partial charge >= 0.3 is 0 Å². The summed E-state index contributed by atoms with van der Waals surface area (Å²) in [5.41, 5.74) is 2.40. The average Bonchev–Trinajstić information content (AvgIpc) is 3.09. The van der Waals surface area contributed by atoms with Gasteiger partial charge in [0, 0.05) is 13.0 Å². The number of hydrogen-bond donors (Lipinski definition) is 0. The fourth-order valence-electron chi connectivity index (χ4n) is 2.11. The molecule has 4 heteroatoms. The molecule has 2 aromatic rings. The van der Waals surface area contributed by atoms with Crippen LogP contribution >= 0.6 is 0 Å². The second kappa shape index (κ2) is 6.96. The fourth-order valence-corrected chi connectivity index (χ4v) is 2.11. The van der Waals surface area contributed by atoms with Gasteiger partial charge in [-0.2, -0.15) is 5.10 Å². The summed E-state index contributed by atoms with van der Waals surface area (Å²) in [5.74, 6) is 0.865. The highest BCUT2D eigenvalue weighted by Gasteiger charge is 2.12. The number of nitrogens with zero attached hydrogens (tertiary/aromatic N) is 2. The van der Waals surface area contributed by atoms with Crippen LogP contribution < -0.4 is 12.4 Å². The van der Waals surface area contributed by atoms with Crippen LogP contribution in [0.15, 0.2) is 64.3 Å². The molecule has 1 aromatic heterocycles. The Morgan fingerprint density at radius 3 is 2.70 bits per heavy atom. The van der Waals surface area contributed by atoms with Gasteiger partial charge < -0.3 is 16.8 Å². The van der Waals surface area contributed by atoms with Crippen molar-refractivity contribution in [3.63, 3.8) is 0 Å². The van der Waals surface area contributed by atoms with Crippen LogP contribution in [0.3, 0.4) is 0 Å². The van der Waals surface area contributed by atoms with Crippen molar-refractivity contribution >= 4 is 11.8 Å². The number of furan rings is 1. The summed E-state index contributed by atoms with van der Waals surface area (Å²) in [4.78, 5) is 0. The van der Waals surface area contributed by atoms with Gasteiger partial charge in [-0.15, -0.1) is 0 Å². The number of halogens is 1. The molecule has 3 rings (SSSR count). The molecular formula is C16H16ClN2O-. The van der Waals surface area contributed by atoms with Crippen LogP contribution in [-0.4, -0.2) is 17.3 Å². The van der Waals surface area contributed by atoms with Gasteiger partial charge in [-0.05, 0) is 29.8 Å². The van der Waals surface area contributed by atoms with E-state index in [-0.39, 0.29) is 12.4 Å². The second-order valence-electron chi connectivity index (χ2n) is 4.56. The predicted octanol–water partition coefficient (Wildman–Crippen LogP) is 0.559. The fraction of sp³-hybridized carbons (Fsp3) is 0.188. The molecule has 0 aliphatic carbocycles. The van der Waals surface area contributed by atoms with Crippen molar-refractivity contribution in [3.05, 3.63) is 66.1 Å². The smallest absolute Gasteiger partial charge is 0.126 e. The molecule has 0 spiro atoms. The van der Waals surface area contributed by atoms with E-state index in [1.807, 2.05) is 30.4 Å². The van der Waals surface area contributed by atoms with Gasteiger partial charge in [-0.1, -0.05) is 30.3 Å². The summed E-state index contributed by atoms with van der Waals surface area (Å²) in [5, 5.41) is 6.71. The van der Waals surface area contributed by atoms with E-state index in [4.69, 9.17) is 4.42 Å². The third kappa shape index (κ3) is 3.75. The summed E-state index contributed by atoms with van der Waals surface area (Å²) in [6.07, 6.45) is 6.66. The molecule has 0 radical (unpaired) electrons. The number of hydrogen-bond acceptors (Lipinski definition) is 3. The Hall–Kier alpha value is -2.00. The van der Waals surface area contributed by atoms with Crippen molar-refractivity contribution in [2.75, 3.05) is 6.54 Å². The van der Waals surface area contributed by atoms with Crippen molar-refractivity contribution < 1.29 is 16.8 Å². The molecule has 0 amide bonds. The zero-order chi connectivity index (χ0) is 12.9. The van der Waals surface area contributed by atoms with Gasteiger partial charge in [0.1, 0.15) is 5.76 Å². The first kappa shape index (κ1) is 14.4. The van der Waals surface area contributed by atoms with Gasteiger partial charge in [0.2, 0.25) is 0 Å². The minimum absolute atomic E-state index is 0. The topological polar surface area (TPSA) is 28.7 Å². The van der Waals surface area contributed by atoms with E-state index in [0.717, 1.165) is 31.0 Å². The van der Waals surface area contributed by atoms with Crippen LogP contribution in [0.1, 0.15) is 17.7 Å². The van der Waals surface area contributed by atoms with Gasteiger partial charge in [-0.3, -0.25) is 5.01 Å². The summed E-state index contributed by atoms with van der Waals surface area (Å²) in [6.45, 7) is 1.85. The lowest BCUT2D eigenvalue weighted by molar-refractivity contribution is -0.00000431. The molecule has 1 aliphatic rings. The lowest BCUT2D eigenvalue weighted by atomic mass is 10.2. The third-order valence-electron chi connectivity index (χ3n) is 3.09. The van der Waals surface area contributed by atoms with E-state index in [2.05, 4.69) is 34.4 Å². The Morgan fingerprint density at radius 2 is 1.95 bits per heavy atom. The molecule has 0 unspecified atom stereocenters. The zero-order valence-corrected chi connectivity index (χ0v) is 11.8. The van der Waals surface area contributed by atoms with E-state index in [0.29, 0.717) is 0 Å². The first-order valence-corrected chi connectivity index (χ1v) is 6.48. The monoisotopic (exact) mass is 287 g/mol. The molecule has 1 aromatic carbocycles. The second-order valence-corrected chi connectivity index (χ2v) is 4.56. The minimum atomic E-state index is 0. The minimum Gasteiger partial charge on any atom is -1.00 e. The SMILES string of the molecule is C(=C\c1ccco1)/C1=NN(Cc2ccccc2)CC1.[Cl-]. The Labute approximate surface area is 125 Å². The van der Waals surface area contributed by atoms with Crippen molar-refractivity contribution in [2.24, 2.45) is 5.10 Å². The van der Waals surface area contributed by atoms with Crippen LogP contribution in [0.2, 0.25) is 0 Å². The number of allylic oxidation sites excluding steroid dienone is 1. The van der Waals surface area contributed by atoms with Crippen LogP contribution in [0.25, 0.3) is 6.08 Å². The number of benzene rings is 1. The maximum Gasteiger partial charge on any atom is 0.126 e. The van der Waals surface area contributed by atoms with Crippen LogP contribution in [0.4, 0.5) is 0 Å². The van der Waals surface area contributed by atoms with E-state index in [1.165, 1.54) is 5.56 Å². The maximum absolute atomic E-state index is 5.26. The Morgan fingerprint density at radius 1 is 1.10 bits per heavy atom. The highest BCUT2D eigenvalue weighted by molar-refractivity contribution is 5.98. The van der Waals surface area contributed by atoms with E-state index < -0.39 is 0 Å². The largest absolute Gasteiger partial charge is 1.00 e. The molecule has 3 nitrogen and oxygen atoms in total. The highest BCUT2D eigenvalue weighted by Crippen LogP contribution is 2.13. The third-order valence-corrected chi connectivity index (χ3v) is 3.09. The van der Waals surface area contributed by atoms with E-state index in [9.17, 15) is 0 Å². The molecule has 0 fully saturated rings. The van der Waals surface area contributed by atoms with E-state index in [1.54, 1.807) is 6.26 Å². The molecule has 20 heavy (non-hydrogen) atoms. The number of hydrazone groups is 1. The zero-order valence-electron chi connectivity index (χ0n) is 11.1. The predicted molar refractivity (Wildman–Crippen MR) is 76.6 cm³/mol. The van der Waals surface area contributed by atoms with Crippen molar-refractivity contribution in [1.82, 2.24) is 5.01 Å². The highest BCUT2D eigenvalue weighted by atomic mass is 35.5. The summed E-state index contributed by atoms with van der Waals surface area (Å²) >= 11 is 0. The van der Waals surface area contributed by atoms with Gasteiger partial charge in [0.25, 0.3) is 0 Å². The van der Waals surface area contributed by atoms with Gasteiger partial charge in [0.15, 0.2) is 0 Å². The number of rotatable bonds is 4. The van der Waals surface area contributed by atoms with Crippen LogP contribution in [0, 0.1) is 0 Å².